The van der Waals surface area contributed by atoms with Crippen molar-refractivity contribution in [3.63, 3.8) is 0 Å². The van der Waals surface area contributed by atoms with Crippen LogP contribution in [0.5, 0.6) is 0 Å². The molecule has 0 aromatic heterocycles. The highest BCUT2D eigenvalue weighted by Crippen LogP contribution is 2.14. The van der Waals surface area contributed by atoms with E-state index in [-0.39, 0.29) is 0 Å². The largest absolute Gasteiger partial charge is 0.444 e. The van der Waals surface area contributed by atoms with Gasteiger partial charge in [0.25, 0.3) is 0 Å². The van der Waals surface area contributed by atoms with Crippen LogP contribution in [0.25, 0.3) is 0 Å². The minimum absolute atomic E-state index is 0.413. The van der Waals surface area contributed by atoms with Crippen molar-refractivity contribution in [1.29, 1.82) is 0 Å². The number of carbonyl (C=O) groups is 1. The van der Waals surface area contributed by atoms with E-state index in [9.17, 15) is 4.79 Å². The molecule has 1 rings (SSSR count). The number of carbonyl (C=O) groups excluding carboxylic acids is 1. The molecule has 0 saturated carbocycles. The van der Waals surface area contributed by atoms with Crippen molar-refractivity contribution in [3.05, 3.63) is 0 Å². The highest BCUT2D eigenvalue weighted by Gasteiger charge is 2.15. The lowest BCUT2D eigenvalue weighted by Gasteiger charge is -2.21. The van der Waals surface area contributed by atoms with Crippen molar-refractivity contribution in [2.45, 2.75) is 45.6 Å². The Hall–Kier alpha value is -1.54. The summed E-state index contributed by atoms with van der Waals surface area (Å²) in [4.78, 5) is 15.7. The van der Waals surface area contributed by atoms with E-state index in [4.69, 9.17) is 14.2 Å². The fourth-order valence-corrected chi connectivity index (χ4v) is 2.42. The third-order valence-electron chi connectivity index (χ3n) is 3.76. The zero-order valence-corrected chi connectivity index (χ0v) is 16.7. The van der Waals surface area contributed by atoms with Crippen LogP contribution >= 0.6 is 0 Å². The number of amides is 1. The molecule has 152 valence electrons. The van der Waals surface area contributed by atoms with Crippen LogP contribution in [-0.2, 0) is 14.2 Å². The van der Waals surface area contributed by atoms with Crippen LogP contribution in [0.1, 0.15) is 40.0 Å². The van der Waals surface area contributed by atoms with Gasteiger partial charge in [0.1, 0.15) is 5.60 Å². The Morgan fingerprint density at radius 2 is 1.77 bits per heavy atom. The maximum Gasteiger partial charge on any atom is 0.407 e. The Balaban J connectivity index is 1.98. The van der Waals surface area contributed by atoms with E-state index in [1.165, 1.54) is 0 Å². The van der Waals surface area contributed by atoms with Gasteiger partial charge in [0.15, 0.2) is 5.96 Å². The van der Waals surface area contributed by atoms with E-state index in [0.29, 0.717) is 25.0 Å². The molecule has 8 nitrogen and oxygen atoms in total. The third-order valence-corrected chi connectivity index (χ3v) is 3.76. The minimum Gasteiger partial charge on any atom is -0.444 e. The molecule has 0 aromatic carbocycles. The van der Waals surface area contributed by atoms with Crippen LogP contribution in [-0.4, -0.2) is 70.8 Å². The number of nitrogens with one attached hydrogen (secondary N) is 3. The molecule has 1 aliphatic heterocycles. The molecule has 0 radical (unpaired) electrons. The third kappa shape index (κ3) is 11.9. The fourth-order valence-electron chi connectivity index (χ4n) is 2.42. The summed E-state index contributed by atoms with van der Waals surface area (Å²) < 4.78 is 16.3. The molecular formula is C18H36N4O4. The first-order chi connectivity index (χ1) is 12.4. The standard InChI is InChI=1S/C18H36N4O4/c1-18(2,3)26-17(23)22-10-9-21-16(19-4)20-8-5-11-25-14-15-6-12-24-13-7-15/h15H,5-14H2,1-4H3,(H,22,23)(H2,19,20,21). The summed E-state index contributed by atoms with van der Waals surface area (Å²) in [6, 6.07) is 0. The average molecular weight is 373 g/mol. The van der Waals surface area contributed by atoms with Gasteiger partial charge in [-0.15, -0.1) is 0 Å². The minimum atomic E-state index is -0.484. The van der Waals surface area contributed by atoms with Crippen molar-refractivity contribution in [3.8, 4) is 0 Å². The van der Waals surface area contributed by atoms with Crippen molar-refractivity contribution < 1.29 is 19.0 Å². The van der Waals surface area contributed by atoms with Crippen LogP contribution in [0.3, 0.4) is 0 Å². The van der Waals surface area contributed by atoms with E-state index < -0.39 is 11.7 Å². The van der Waals surface area contributed by atoms with E-state index in [0.717, 1.165) is 52.2 Å². The molecule has 1 amide bonds. The topological polar surface area (TPSA) is 93.2 Å². The first-order valence-electron chi connectivity index (χ1n) is 9.47. The van der Waals surface area contributed by atoms with Gasteiger partial charge in [0, 0.05) is 53.1 Å². The van der Waals surface area contributed by atoms with Gasteiger partial charge in [-0.05, 0) is 46.0 Å². The molecule has 26 heavy (non-hydrogen) atoms. The zero-order valence-electron chi connectivity index (χ0n) is 16.7. The smallest absolute Gasteiger partial charge is 0.407 e. The van der Waals surface area contributed by atoms with Crippen molar-refractivity contribution in [2.24, 2.45) is 10.9 Å². The zero-order chi connectivity index (χ0) is 19.3. The Labute approximate surface area is 157 Å². The van der Waals surface area contributed by atoms with Gasteiger partial charge < -0.3 is 30.2 Å². The highest BCUT2D eigenvalue weighted by molar-refractivity contribution is 5.79. The number of alkyl carbamates (subject to hydrolysis) is 1. The van der Waals surface area contributed by atoms with Gasteiger partial charge in [-0.25, -0.2) is 4.79 Å². The second kappa shape index (κ2) is 12.8. The molecule has 0 unspecified atom stereocenters. The number of nitrogens with zero attached hydrogens (tertiary/aromatic N) is 1. The Morgan fingerprint density at radius 3 is 2.42 bits per heavy atom. The highest BCUT2D eigenvalue weighted by atomic mass is 16.6. The van der Waals surface area contributed by atoms with Gasteiger partial charge in [-0.3, -0.25) is 4.99 Å². The predicted octanol–water partition coefficient (Wildman–Crippen LogP) is 1.51. The maximum atomic E-state index is 11.5. The average Bonchev–Trinajstić information content (AvgIpc) is 2.59. The van der Waals surface area contributed by atoms with Crippen LogP contribution in [0.2, 0.25) is 0 Å². The number of hydrogen-bond donors (Lipinski definition) is 3. The molecule has 0 aliphatic carbocycles. The van der Waals surface area contributed by atoms with Crippen molar-refractivity contribution in [1.82, 2.24) is 16.0 Å². The Bertz CT molecular complexity index is 418. The van der Waals surface area contributed by atoms with Crippen LogP contribution < -0.4 is 16.0 Å². The molecule has 3 N–H and O–H groups in total. The Kier molecular flexibility index (Phi) is 11.0. The molecule has 1 fully saturated rings. The number of rotatable bonds is 9. The molecule has 0 bridgehead atoms. The number of hydrogen-bond acceptors (Lipinski definition) is 5. The summed E-state index contributed by atoms with van der Waals surface area (Å²) >= 11 is 0. The monoisotopic (exact) mass is 372 g/mol. The predicted molar refractivity (Wildman–Crippen MR) is 103 cm³/mol. The van der Waals surface area contributed by atoms with E-state index in [1.807, 2.05) is 20.8 Å². The van der Waals surface area contributed by atoms with Crippen LogP contribution in [0.4, 0.5) is 4.79 Å². The first-order valence-corrected chi connectivity index (χ1v) is 9.47. The fraction of sp³-hybridized carbons (Fsp3) is 0.889. The molecule has 8 heteroatoms. The molecule has 1 aliphatic rings. The lowest BCUT2D eigenvalue weighted by Crippen LogP contribution is -2.42. The first kappa shape index (κ1) is 22.5. The normalized spacial score (nSPS) is 16.2. The van der Waals surface area contributed by atoms with Gasteiger partial charge in [0.05, 0.1) is 0 Å². The van der Waals surface area contributed by atoms with Gasteiger partial charge in [-0.1, -0.05) is 0 Å². The van der Waals surface area contributed by atoms with Gasteiger partial charge in [-0.2, -0.15) is 0 Å². The molecule has 0 spiro atoms. The molecule has 1 heterocycles. The number of aliphatic imine (C=N–C) groups is 1. The lowest BCUT2D eigenvalue weighted by atomic mass is 10.0. The summed E-state index contributed by atoms with van der Waals surface area (Å²) in [7, 11) is 1.72. The molecule has 0 atom stereocenters. The van der Waals surface area contributed by atoms with Gasteiger partial charge >= 0.3 is 6.09 Å². The maximum absolute atomic E-state index is 11.5. The second-order valence-electron chi connectivity index (χ2n) is 7.34. The summed E-state index contributed by atoms with van der Waals surface area (Å²) in [5.74, 6) is 1.35. The van der Waals surface area contributed by atoms with Crippen molar-refractivity contribution in [2.75, 3.05) is 53.1 Å². The summed E-state index contributed by atoms with van der Waals surface area (Å²) in [5.41, 5.74) is -0.484. The number of guanidine groups is 1. The summed E-state index contributed by atoms with van der Waals surface area (Å²) in [6.07, 6.45) is 2.71. The van der Waals surface area contributed by atoms with E-state index >= 15 is 0 Å². The summed E-state index contributed by atoms with van der Waals surface area (Å²) in [5, 5.41) is 9.07. The second-order valence-corrected chi connectivity index (χ2v) is 7.34. The summed E-state index contributed by atoms with van der Waals surface area (Å²) in [6.45, 7) is 10.6. The SMILES string of the molecule is CN=C(NCCCOCC1CCOCC1)NCCNC(=O)OC(C)(C)C. The molecular weight excluding hydrogens is 336 g/mol. The number of ether oxygens (including phenoxy) is 3. The van der Waals surface area contributed by atoms with Crippen molar-refractivity contribution >= 4 is 12.1 Å². The van der Waals surface area contributed by atoms with Crippen LogP contribution in [0.15, 0.2) is 4.99 Å². The van der Waals surface area contributed by atoms with Gasteiger partial charge in [0.2, 0.25) is 0 Å². The lowest BCUT2D eigenvalue weighted by molar-refractivity contribution is 0.0203. The molecule has 0 aromatic rings. The van der Waals surface area contributed by atoms with E-state index in [2.05, 4.69) is 20.9 Å². The van der Waals surface area contributed by atoms with Crippen LogP contribution in [0, 0.1) is 5.92 Å². The molecule has 1 saturated heterocycles. The quantitative estimate of drug-likeness (QED) is 0.323. The Morgan fingerprint density at radius 1 is 1.12 bits per heavy atom. The van der Waals surface area contributed by atoms with E-state index in [1.54, 1.807) is 7.05 Å².